The molecule has 0 saturated heterocycles. The Morgan fingerprint density at radius 1 is 0.973 bits per heavy atom. The first-order valence-corrected chi connectivity index (χ1v) is 13.6. The van der Waals surface area contributed by atoms with Gasteiger partial charge in [0, 0.05) is 41.6 Å². The molecule has 0 unspecified atom stereocenters. The summed E-state index contributed by atoms with van der Waals surface area (Å²) >= 11 is 1.66. The van der Waals surface area contributed by atoms with Crippen LogP contribution in [0.4, 0.5) is 0 Å². The highest BCUT2D eigenvalue weighted by atomic mass is 32.1. The molecule has 6 aromatic heterocycles. The number of aromatic nitrogens is 7. The molecule has 37 heavy (non-hydrogen) atoms. The molecule has 184 valence electrons. The molecule has 3 N–H and O–H groups in total. The quantitative estimate of drug-likeness (QED) is 0.246. The molecule has 7 rings (SSSR count). The van der Waals surface area contributed by atoms with Crippen LogP contribution in [0.15, 0.2) is 59.9 Å². The lowest BCUT2D eigenvalue weighted by Gasteiger charge is -2.11. The highest BCUT2D eigenvalue weighted by molar-refractivity contribution is 7.08. The number of nitrogens with zero attached hydrogens (tertiary/aromatic N) is 5. The summed E-state index contributed by atoms with van der Waals surface area (Å²) in [6.07, 6.45) is 14.7. The van der Waals surface area contributed by atoms with Gasteiger partial charge in [0.05, 0.1) is 29.1 Å². The molecule has 8 nitrogen and oxygen atoms in total. The highest BCUT2D eigenvalue weighted by Crippen LogP contribution is 2.32. The van der Waals surface area contributed by atoms with Gasteiger partial charge >= 0.3 is 0 Å². The minimum Gasteiger partial charge on any atom is -0.335 e. The minimum absolute atomic E-state index is 0.700. The van der Waals surface area contributed by atoms with Crippen molar-refractivity contribution in [3.63, 3.8) is 0 Å². The Balaban J connectivity index is 1.20. The third kappa shape index (κ3) is 4.30. The number of aromatic amines is 2. The summed E-state index contributed by atoms with van der Waals surface area (Å²) in [7, 11) is 0. The van der Waals surface area contributed by atoms with Gasteiger partial charge in [0.1, 0.15) is 11.2 Å². The van der Waals surface area contributed by atoms with E-state index in [4.69, 9.17) is 4.98 Å². The van der Waals surface area contributed by atoms with E-state index in [-0.39, 0.29) is 0 Å². The summed E-state index contributed by atoms with van der Waals surface area (Å²) < 4.78 is 0. The zero-order valence-electron chi connectivity index (χ0n) is 20.2. The number of fused-ring (bicyclic) bond motifs is 2. The Kier molecular flexibility index (Phi) is 5.71. The Labute approximate surface area is 217 Å². The van der Waals surface area contributed by atoms with Crippen LogP contribution in [-0.2, 0) is 6.54 Å². The van der Waals surface area contributed by atoms with Crippen molar-refractivity contribution in [1.82, 2.24) is 40.4 Å². The minimum atomic E-state index is 0.700. The van der Waals surface area contributed by atoms with Crippen molar-refractivity contribution >= 4 is 33.3 Å². The standard InChI is InChI=1S/C28H26N8S/c1-2-4-17(3-1)9-29-10-18-7-20(12-30-11-18)23-8-21-24(15-32-23)35-36-27(21)28-33-25-14-31-13-22(26(25)34-28)19-5-6-37-16-19/h5-8,11-17,29H,1-4,9-10H2,(H,33,34)(H,35,36). The van der Waals surface area contributed by atoms with Gasteiger partial charge in [-0.1, -0.05) is 12.8 Å². The number of nitrogens with one attached hydrogen (secondary N) is 3. The third-order valence-electron chi connectivity index (χ3n) is 7.23. The first kappa shape index (κ1) is 22.3. The molecule has 1 saturated carbocycles. The molecular formula is C28H26N8S. The van der Waals surface area contributed by atoms with E-state index < -0.39 is 0 Å². The van der Waals surface area contributed by atoms with Gasteiger partial charge in [0.2, 0.25) is 0 Å². The first-order valence-electron chi connectivity index (χ1n) is 12.7. The van der Waals surface area contributed by atoms with E-state index >= 15 is 0 Å². The first-order chi connectivity index (χ1) is 18.3. The summed E-state index contributed by atoms with van der Waals surface area (Å²) in [5, 5.41) is 16.4. The smallest absolute Gasteiger partial charge is 0.159 e. The van der Waals surface area contributed by atoms with Gasteiger partial charge in [0.25, 0.3) is 0 Å². The Morgan fingerprint density at radius 3 is 2.78 bits per heavy atom. The van der Waals surface area contributed by atoms with Gasteiger partial charge in [-0.15, -0.1) is 0 Å². The van der Waals surface area contributed by atoms with E-state index in [0.717, 1.165) is 74.6 Å². The van der Waals surface area contributed by atoms with Gasteiger partial charge in [-0.05, 0) is 65.4 Å². The second-order valence-corrected chi connectivity index (χ2v) is 10.5. The van der Waals surface area contributed by atoms with E-state index in [2.05, 4.69) is 64.4 Å². The summed E-state index contributed by atoms with van der Waals surface area (Å²) in [6, 6.07) is 6.32. The van der Waals surface area contributed by atoms with E-state index in [0.29, 0.717) is 5.82 Å². The number of hydrogen-bond acceptors (Lipinski definition) is 7. The van der Waals surface area contributed by atoms with Crippen molar-refractivity contribution in [2.45, 2.75) is 32.2 Å². The van der Waals surface area contributed by atoms with Crippen LogP contribution < -0.4 is 5.32 Å². The van der Waals surface area contributed by atoms with Crippen LogP contribution in [0.1, 0.15) is 31.2 Å². The van der Waals surface area contributed by atoms with Crippen molar-refractivity contribution in [1.29, 1.82) is 0 Å². The predicted molar refractivity (Wildman–Crippen MR) is 147 cm³/mol. The molecule has 0 amide bonds. The predicted octanol–water partition coefficient (Wildman–Crippen LogP) is 5.97. The molecule has 1 fully saturated rings. The normalized spacial score (nSPS) is 14.3. The lowest BCUT2D eigenvalue weighted by molar-refractivity contribution is 0.489. The fourth-order valence-electron chi connectivity index (χ4n) is 5.29. The Bertz CT molecular complexity index is 1680. The van der Waals surface area contributed by atoms with E-state index in [9.17, 15) is 0 Å². The van der Waals surface area contributed by atoms with Crippen LogP contribution in [0.3, 0.4) is 0 Å². The molecule has 0 spiro atoms. The maximum atomic E-state index is 4.93. The lowest BCUT2D eigenvalue weighted by atomic mass is 10.1. The average molecular weight is 507 g/mol. The van der Waals surface area contributed by atoms with E-state index in [1.165, 1.54) is 25.7 Å². The van der Waals surface area contributed by atoms with Crippen LogP contribution in [-0.4, -0.2) is 41.7 Å². The number of thiophene rings is 1. The second kappa shape index (κ2) is 9.49. The molecular weight excluding hydrogens is 480 g/mol. The van der Waals surface area contributed by atoms with E-state index in [1.807, 2.05) is 24.8 Å². The van der Waals surface area contributed by atoms with Crippen molar-refractivity contribution in [2.24, 2.45) is 5.92 Å². The number of imidazole rings is 1. The fraction of sp³-hybridized carbons (Fsp3) is 0.250. The summed E-state index contributed by atoms with van der Waals surface area (Å²) in [4.78, 5) is 21.9. The van der Waals surface area contributed by atoms with E-state index in [1.54, 1.807) is 17.5 Å². The topological polar surface area (TPSA) is 108 Å². The molecule has 0 radical (unpaired) electrons. The number of H-pyrrole nitrogens is 2. The average Bonchev–Trinajstić information content (AvgIpc) is 3.74. The molecule has 1 aliphatic carbocycles. The van der Waals surface area contributed by atoms with Gasteiger partial charge in [-0.3, -0.25) is 20.1 Å². The van der Waals surface area contributed by atoms with Crippen molar-refractivity contribution < 1.29 is 0 Å². The molecule has 0 aromatic carbocycles. The second-order valence-electron chi connectivity index (χ2n) is 9.73. The van der Waals surface area contributed by atoms with Crippen LogP contribution >= 0.6 is 11.3 Å². The van der Waals surface area contributed by atoms with Gasteiger partial charge in [-0.2, -0.15) is 16.4 Å². The van der Waals surface area contributed by atoms with Gasteiger partial charge in [0.15, 0.2) is 5.82 Å². The molecule has 0 aliphatic heterocycles. The Morgan fingerprint density at radius 2 is 1.89 bits per heavy atom. The van der Waals surface area contributed by atoms with Gasteiger partial charge in [-0.25, -0.2) is 4.98 Å². The summed E-state index contributed by atoms with van der Waals surface area (Å²) in [5.41, 5.74) is 8.51. The SMILES string of the molecule is c1cc(-c2cncc3[nH]c(-c4n[nH]c5cnc(-c6cncc(CNCC7CCCC7)c6)cc45)nc23)cs1. The monoisotopic (exact) mass is 506 g/mol. The maximum Gasteiger partial charge on any atom is 0.159 e. The fourth-order valence-corrected chi connectivity index (χ4v) is 5.94. The molecule has 0 atom stereocenters. The number of pyridine rings is 3. The highest BCUT2D eigenvalue weighted by Gasteiger charge is 2.17. The molecule has 6 heterocycles. The summed E-state index contributed by atoms with van der Waals surface area (Å²) in [6.45, 7) is 1.89. The maximum absolute atomic E-state index is 4.93. The van der Waals surface area contributed by atoms with Crippen molar-refractivity contribution in [3.8, 4) is 33.9 Å². The number of hydrogen-bond donors (Lipinski definition) is 3. The zero-order chi connectivity index (χ0) is 24.6. The lowest BCUT2D eigenvalue weighted by Crippen LogP contribution is -2.20. The summed E-state index contributed by atoms with van der Waals surface area (Å²) in [5.74, 6) is 1.51. The third-order valence-corrected chi connectivity index (χ3v) is 7.91. The molecule has 6 aromatic rings. The Hall–Kier alpha value is -3.95. The van der Waals surface area contributed by atoms with Crippen LogP contribution in [0.25, 0.3) is 55.8 Å². The molecule has 1 aliphatic rings. The van der Waals surface area contributed by atoms with Crippen molar-refractivity contribution in [3.05, 3.63) is 65.5 Å². The number of rotatable bonds is 7. The molecule has 0 bridgehead atoms. The zero-order valence-corrected chi connectivity index (χ0v) is 21.1. The van der Waals surface area contributed by atoms with Gasteiger partial charge < -0.3 is 10.3 Å². The largest absolute Gasteiger partial charge is 0.335 e. The van der Waals surface area contributed by atoms with Crippen LogP contribution in [0.2, 0.25) is 0 Å². The van der Waals surface area contributed by atoms with Crippen LogP contribution in [0.5, 0.6) is 0 Å². The van der Waals surface area contributed by atoms with Crippen LogP contribution in [0, 0.1) is 5.92 Å². The molecule has 9 heteroatoms. The van der Waals surface area contributed by atoms with Crippen molar-refractivity contribution in [2.75, 3.05) is 6.54 Å².